The van der Waals surface area contributed by atoms with Crippen LogP contribution in [0.15, 0.2) is 52.9 Å². The maximum absolute atomic E-state index is 12.8. The highest BCUT2D eigenvalue weighted by molar-refractivity contribution is 6.14. The van der Waals surface area contributed by atoms with Crippen molar-refractivity contribution in [1.29, 1.82) is 0 Å². The number of ether oxygens (including phenoxy) is 1. The lowest BCUT2D eigenvalue weighted by molar-refractivity contribution is -0.116. The van der Waals surface area contributed by atoms with E-state index in [9.17, 15) is 9.59 Å². The first-order chi connectivity index (χ1) is 13.1. The van der Waals surface area contributed by atoms with Gasteiger partial charge in [-0.05, 0) is 49.7 Å². The molecule has 0 bridgehead atoms. The molecule has 3 rings (SSSR count). The highest BCUT2D eigenvalue weighted by Crippen LogP contribution is 2.31. The van der Waals surface area contributed by atoms with Crippen molar-refractivity contribution in [2.75, 3.05) is 17.2 Å². The third-order valence-electron chi connectivity index (χ3n) is 3.97. The molecule has 2 aromatic carbocycles. The van der Waals surface area contributed by atoms with E-state index >= 15 is 0 Å². The number of hydrogen-bond donors (Lipinski definition) is 2. The van der Waals surface area contributed by atoms with Crippen LogP contribution in [-0.2, 0) is 4.79 Å². The minimum absolute atomic E-state index is 0.0783. The zero-order chi connectivity index (χ0) is 19.2. The maximum Gasteiger partial charge on any atom is 0.293 e. The van der Waals surface area contributed by atoms with E-state index < -0.39 is 5.91 Å². The van der Waals surface area contributed by atoms with Crippen LogP contribution in [0.1, 0.15) is 37.2 Å². The van der Waals surface area contributed by atoms with Crippen LogP contribution in [0.25, 0.3) is 11.0 Å². The molecule has 0 saturated carbocycles. The third-order valence-corrected chi connectivity index (χ3v) is 3.97. The van der Waals surface area contributed by atoms with E-state index in [0.717, 1.165) is 12.2 Å². The minimum Gasteiger partial charge on any atom is -0.494 e. The van der Waals surface area contributed by atoms with Gasteiger partial charge >= 0.3 is 0 Å². The van der Waals surface area contributed by atoms with Crippen molar-refractivity contribution in [2.45, 2.75) is 26.7 Å². The summed E-state index contributed by atoms with van der Waals surface area (Å²) in [5.74, 6) is 0.225. The van der Waals surface area contributed by atoms with Gasteiger partial charge in [0.25, 0.3) is 5.91 Å². The Kier molecular flexibility index (Phi) is 5.76. The second kappa shape index (κ2) is 8.40. The van der Waals surface area contributed by atoms with E-state index in [0.29, 0.717) is 35.4 Å². The van der Waals surface area contributed by atoms with Crippen LogP contribution in [-0.4, -0.2) is 18.4 Å². The van der Waals surface area contributed by atoms with Crippen molar-refractivity contribution < 1.29 is 18.7 Å². The molecule has 2 amide bonds. The average molecular weight is 366 g/mol. The summed E-state index contributed by atoms with van der Waals surface area (Å²) in [7, 11) is 0. The fourth-order valence-electron chi connectivity index (χ4n) is 2.75. The second-order valence-electron chi connectivity index (χ2n) is 6.01. The first-order valence-corrected chi connectivity index (χ1v) is 8.98. The van der Waals surface area contributed by atoms with E-state index in [4.69, 9.17) is 9.15 Å². The van der Waals surface area contributed by atoms with Gasteiger partial charge in [-0.25, -0.2) is 0 Å². The average Bonchev–Trinajstić information content (AvgIpc) is 3.02. The van der Waals surface area contributed by atoms with E-state index in [1.54, 1.807) is 30.3 Å². The largest absolute Gasteiger partial charge is 0.494 e. The maximum atomic E-state index is 12.8. The number of furan rings is 1. The van der Waals surface area contributed by atoms with Crippen molar-refractivity contribution in [3.05, 3.63) is 54.3 Å². The Hall–Kier alpha value is -3.28. The molecule has 0 aliphatic rings. The highest BCUT2D eigenvalue weighted by atomic mass is 16.5. The fourth-order valence-corrected chi connectivity index (χ4v) is 2.75. The van der Waals surface area contributed by atoms with Gasteiger partial charge in [0.15, 0.2) is 0 Å². The molecule has 27 heavy (non-hydrogen) atoms. The lowest BCUT2D eigenvalue weighted by Crippen LogP contribution is -2.16. The Morgan fingerprint density at radius 1 is 1.00 bits per heavy atom. The summed E-state index contributed by atoms with van der Waals surface area (Å²) in [4.78, 5) is 24.9. The summed E-state index contributed by atoms with van der Waals surface area (Å²) < 4.78 is 11.1. The van der Waals surface area contributed by atoms with Gasteiger partial charge in [-0.3, -0.25) is 9.59 Å². The first-order valence-electron chi connectivity index (χ1n) is 8.98. The Bertz CT molecular complexity index is 944. The van der Waals surface area contributed by atoms with E-state index in [1.165, 1.54) is 0 Å². The zero-order valence-corrected chi connectivity index (χ0v) is 15.4. The van der Waals surface area contributed by atoms with Crippen molar-refractivity contribution in [2.24, 2.45) is 0 Å². The van der Waals surface area contributed by atoms with Gasteiger partial charge < -0.3 is 19.8 Å². The monoisotopic (exact) mass is 366 g/mol. The van der Waals surface area contributed by atoms with Crippen molar-refractivity contribution in [3.8, 4) is 5.75 Å². The summed E-state index contributed by atoms with van der Waals surface area (Å²) in [6, 6.07) is 14.3. The predicted octanol–water partition coefficient (Wildman–Crippen LogP) is 4.82. The number of amides is 2. The molecular weight excluding hydrogens is 344 g/mol. The van der Waals surface area contributed by atoms with Crippen LogP contribution >= 0.6 is 0 Å². The van der Waals surface area contributed by atoms with Crippen LogP contribution < -0.4 is 15.4 Å². The lowest BCUT2D eigenvalue weighted by atomic mass is 10.2. The molecule has 2 N–H and O–H groups in total. The minimum atomic E-state index is -0.429. The molecule has 3 aromatic rings. The molecular formula is C21H22N2O4. The van der Waals surface area contributed by atoms with Gasteiger partial charge in [-0.2, -0.15) is 0 Å². The van der Waals surface area contributed by atoms with Gasteiger partial charge in [0.1, 0.15) is 17.0 Å². The molecule has 6 nitrogen and oxygen atoms in total. The van der Waals surface area contributed by atoms with Gasteiger partial charge in [-0.15, -0.1) is 0 Å². The molecule has 1 aromatic heterocycles. The molecule has 0 unspecified atom stereocenters. The first kappa shape index (κ1) is 18.5. The smallest absolute Gasteiger partial charge is 0.293 e. The van der Waals surface area contributed by atoms with Crippen LogP contribution in [0.2, 0.25) is 0 Å². The molecule has 0 saturated heterocycles. The number of carbonyl (C=O) groups excluding carboxylic acids is 2. The molecule has 1 heterocycles. The van der Waals surface area contributed by atoms with Crippen LogP contribution in [0.4, 0.5) is 11.4 Å². The molecule has 0 atom stereocenters. The fraction of sp³-hybridized carbons (Fsp3) is 0.238. The Morgan fingerprint density at radius 3 is 2.44 bits per heavy atom. The van der Waals surface area contributed by atoms with Gasteiger partial charge in [0.05, 0.1) is 6.61 Å². The van der Waals surface area contributed by atoms with Crippen LogP contribution in [0.5, 0.6) is 5.75 Å². The van der Waals surface area contributed by atoms with Gasteiger partial charge in [-0.1, -0.05) is 19.1 Å². The molecule has 0 spiro atoms. The topological polar surface area (TPSA) is 80.6 Å². The standard InChI is InChI=1S/C21H22N2O4/c1-3-7-18(24)23-19-16-8-5-6-9-17(16)27-20(19)21(25)22-14-10-12-15(13-11-14)26-4-2/h5-6,8-13H,3-4,7H2,1-2H3,(H,22,25)(H,23,24). The number of fused-ring (bicyclic) bond motifs is 1. The van der Waals surface area contributed by atoms with Gasteiger partial charge in [0, 0.05) is 17.5 Å². The molecule has 0 radical (unpaired) electrons. The molecule has 6 heteroatoms. The predicted molar refractivity (Wildman–Crippen MR) is 105 cm³/mol. The summed E-state index contributed by atoms with van der Waals surface area (Å²) in [5, 5.41) is 6.30. The van der Waals surface area contributed by atoms with E-state index in [-0.39, 0.29) is 11.7 Å². The normalized spacial score (nSPS) is 10.6. The highest BCUT2D eigenvalue weighted by Gasteiger charge is 2.22. The van der Waals surface area contributed by atoms with Crippen molar-refractivity contribution >= 4 is 34.2 Å². The number of para-hydroxylation sites is 1. The van der Waals surface area contributed by atoms with Gasteiger partial charge in [0.2, 0.25) is 11.7 Å². The SMILES string of the molecule is CCCC(=O)Nc1c(C(=O)Nc2ccc(OCC)cc2)oc2ccccc12. The molecule has 0 fully saturated rings. The summed E-state index contributed by atoms with van der Waals surface area (Å²) in [6.07, 6.45) is 1.09. The molecule has 0 aliphatic heterocycles. The van der Waals surface area contributed by atoms with Crippen LogP contribution in [0.3, 0.4) is 0 Å². The lowest BCUT2D eigenvalue weighted by Gasteiger charge is -2.08. The number of rotatable bonds is 7. The molecule has 0 aliphatic carbocycles. The third kappa shape index (κ3) is 4.28. The zero-order valence-electron chi connectivity index (χ0n) is 15.4. The Balaban J connectivity index is 1.87. The number of hydrogen-bond acceptors (Lipinski definition) is 4. The van der Waals surface area contributed by atoms with E-state index in [2.05, 4.69) is 10.6 Å². The Labute approximate surface area is 157 Å². The number of anilines is 2. The van der Waals surface area contributed by atoms with Crippen molar-refractivity contribution in [3.63, 3.8) is 0 Å². The number of nitrogens with one attached hydrogen (secondary N) is 2. The second-order valence-corrected chi connectivity index (χ2v) is 6.01. The summed E-state index contributed by atoms with van der Waals surface area (Å²) in [6.45, 7) is 4.41. The summed E-state index contributed by atoms with van der Waals surface area (Å²) in [5.41, 5.74) is 1.54. The quantitative estimate of drug-likeness (QED) is 0.628. The number of carbonyl (C=O) groups is 2. The summed E-state index contributed by atoms with van der Waals surface area (Å²) >= 11 is 0. The molecule has 140 valence electrons. The Morgan fingerprint density at radius 2 is 1.74 bits per heavy atom. The van der Waals surface area contributed by atoms with Crippen molar-refractivity contribution in [1.82, 2.24) is 0 Å². The number of benzene rings is 2. The van der Waals surface area contributed by atoms with E-state index in [1.807, 2.05) is 32.0 Å². The van der Waals surface area contributed by atoms with Crippen LogP contribution in [0, 0.1) is 0 Å².